The zero-order valence-corrected chi connectivity index (χ0v) is 11.7. The fourth-order valence-corrected chi connectivity index (χ4v) is 2.72. The molecule has 1 aliphatic carbocycles. The molecule has 1 unspecified atom stereocenters. The van der Waals surface area contributed by atoms with E-state index in [-0.39, 0.29) is 5.56 Å². The second-order valence-electron chi connectivity index (χ2n) is 5.27. The van der Waals surface area contributed by atoms with E-state index in [1.165, 1.54) is 6.08 Å². The van der Waals surface area contributed by atoms with Gasteiger partial charge in [0.1, 0.15) is 0 Å². The summed E-state index contributed by atoms with van der Waals surface area (Å²) in [4.78, 5) is 0. The molecule has 0 aliphatic heterocycles. The first-order valence-corrected chi connectivity index (χ1v) is 7.08. The molecule has 0 fully saturated rings. The number of benzene rings is 1. The van der Waals surface area contributed by atoms with E-state index in [9.17, 15) is 8.78 Å². The molecule has 1 atom stereocenters. The minimum absolute atomic E-state index is 0.214. The molecule has 0 saturated carbocycles. The number of hydrogen-bond donors (Lipinski definition) is 0. The summed E-state index contributed by atoms with van der Waals surface area (Å²) < 4.78 is 27.8. The Kier molecular flexibility index (Phi) is 4.89. The zero-order valence-electron chi connectivity index (χ0n) is 11.7. The average Bonchev–Trinajstić information content (AvgIpc) is 2.48. The van der Waals surface area contributed by atoms with Crippen LogP contribution >= 0.6 is 0 Å². The highest BCUT2D eigenvalue weighted by Gasteiger charge is 2.19. The maximum absolute atomic E-state index is 14.1. The largest absolute Gasteiger partial charge is 0.203 e. The van der Waals surface area contributed by atoms with Crippen LogP contribution < -0.4 is 0 Å². The summed E-state index contributed by atoms with van der Waals surface area (Å²) in [6.07, 6.45) is 10.3. The topological polar surface area (TPSA) is 0 Å². The van der Waals surface area contributed by atoms with E-state index in [1.807, 2.05) is 6.08 Å². The van der Waals surface area contributed by atoms with Gasteiger partial charge in [0.2, 0.25) is 0 Å². The van der Waals surface area contributed by atoms with Crippen LogP contribution in [0.25, 0.3) is 11.6 Å². The Labute approximate surface area is 119 Å². The van der Waals surface area contributed by atoms with E-state index in [4.69, 9.17) is 0 Å². The molecule has 0 radical (unpaired) electrons. The Morgan fingerprint density at radius 3 is 2.60 bits per heavy atom. The van der Waals surface area contributed by atoms with Crippen molar-refractivity contribution >= 4 is 11.6 Å². The van der Waals surface area contributed by atoms with Gasteiger partial charge in [-0.05, 0) is 43.6 Å². The lowest BCUT2D eigenvalue weighted by molar-refractivity contribution is 0.452. The van der Waals surface area contributed by atoms with Gasteiger partial charge in [0.15, 0.2) is 11.6 Å². The normalized spacial score (nSPS) is 18.5. The lowest BCUT2D eigenvalue weighted by Crippen LogP contribution is -2.06. The van der Waals surface area contributed by atoms with E-state index in [2.05, 4.69) is 19.2 Å². The second-order valence-corrected chi connectivity index (χ2v) is 5.27. The third-order valence-corrected chi connectivity index (χ3v) is 3.98. The molecular formula is C18H20F2. The number of halogens is 2. The standard InChI is InChI=1S/C18H20F2/c1-3-5-6-13-7-9-15(10-8-13)16-12-11-14(4-2)17(19)18(16)20/h3-4,9,11-13H,1-2,5-8,10H2. The van der Waals surface area contributed by atoms with Crippen molar-refractivity contribution in [2.24, 2.45) is 5.92 Å². The fourth-order valence-electron chi connectivity index (χ4n) is 2.72. The summed E-state index contributed by atoms with van der Waals surface area (Å²) in [6, 6.07) is 3.25. The minimum Gasteiger partial charge on any atom is -0.203 e. The Bertz CT molecular complexity index is 541. The van der Waals surface area contributed by atoms with Crippen LogP contribution in [0.4, 0.5) is 8.78 Å². The predicted octanol–water partition coefficient (Wildman–Crippen LogP) is 5.76. The molecule has 0 saturated heterocycles. The van der Waals surface area contributed by atoms with Gasteiger partial charge >= 0.3 is 0 Å². The maximum atomic E-state index is 14.1. The first kappa shape index (κ1) is 14.7. The van der Waals surface area contributed by atoms with Gasteiger partial charge in [-0.15, -0.1) is 6.58 Å². The first-order valence-electron chi connectivity index (χ1n) is 7.08. The number of allylic oxidation sites excluding steroid dienone is 3. The highest BCUT2D eigenvalue weighted by molar-refractivity contribution is 5.68. The smallest absolute Gasteiger partial charge is 0.166 e. The molecule has 106 valence electrons. The molecule has 0 spiro atoms. The zero-order chi connectivity index (χ0) is 14.5. The molecule has 0 nitrogen and oxygen atoms in total. The van der Waals surface area contributed by atoms with E-state index < -0.39 is 11.6 Å². The minimum atomic E-state index is -0.799. The number of hydrogen-bond acceptors (Lipinski definition) is 0. The summed E-state index contributed by atoms with van der Waals surface area (Å²) >= 11 is 0. The highest BCUT2D eigenvalue weighted by Crippen LogP contribution is 2.34. The van der Waals surface area contributed by atoms with Crippen LogP contribution in [-0.2, 0) is 0 Å². The van der Waals surface area contributed by atoms with Crippen LogP contribution in [0.1, 0.15) is 43.2 Å². The molecule has 2 heteroatoms. The van der Waals surface area contributed by atoms with Gasteiger partial charge in [-0.1, -0.05) is 36.9 Å². The maximum Gasteiger partial charge on any atom is 0.166 e. The summed E-state index contributed by atoms with van der Waals surface area (Å²) in [5.74, 6) is -0.914. The average molecular weight is 274 g/mol. The van der Waals surface area contributed by atoms with Crippen molar-refractivity contribution in [3.63, 3.8) is 0 Å². The monoisotopic (exact) mass is 274 g/mol. The Balaban J connectivity index is 2.17. The van der Waals surface area contributed by atoms with E-state index >= 15 is 0 Å². The lowest BCUT2D eigenvalue weighted by atomic mass is 9.84. The van der Waals surface area contributed by atoms with Gasteiger partial charge < -0.3 is 0 Å². The molecule has 1 aliphatic rings. The Morgan fingerprint density at radius 2 is 2.00 bits per heavy atom. The van der Waals surface area contributed by atoms with Gasteiger partial charge in [0.05, 0.1) is 0 Å². The Hall–Kier alpha value is -1.70. The van der Waals surface area contributed by atoms with Crippen molar-refractivity contribution in [2.45, 2.75) is 32.1 Å². The van der Waals surface area contributed by atoms with Crippen LogP contribution in [0.15, 0.2) is 37.4 Å². The molecule has 0 amide bonds. The molecule has 1 aromatic carbocycles. The molecule has 2 rings (SSSR count). The van der Waals surface area contributed by atoms with E-state index in [0.717, 1.165) is 37.7 Å². The van der Waals surface area contributed by atoms with E-state index in [1.54, 1.807) is 12.1 Å². The van der Waals surface area contributed by atoms with Crippen LogP contribution in [0, 0.1) is 17.6 Å². The van der Waals surface area contributed by atoms with Crippen LogP contribution in [0.3, 0.4) is 0 Å². The van der Waals surface area contributed by atoms with Crippen molar-refractivity contribution in [1.82, 2.24) is 0 Å². The fraction of sp³-hybridized carbons (Fsp3) is 0.333. The summed E-state index contributed by atoms with van der Waals surface area (Å²) in [6.45, 7) is 7.21. The molecule has 0 heterocycles. The lowest BCUT2D eigenvalue weighted by Gasteiger charge is -2.22. The first-order chi connectivity index (χ1) is 9.67. The Morgan fingerprint density at radius 1 is 1.20 bits per heavy atom. The molecule has 0 bridgehead atoms. The summed E-state index contributed by atoms with van der Waals surface area (Å²) in [7, 11) is 0. The molecule has 20 heavy (non-hydrogen) atoms. The van der Waals surface area contributed by atoms with Crippen molar-refractivity contribution < 1.29 is 8.78 Å². The van der Waals surface area contributed by atoms with Crippen molar-refractivity contribution in [3.05, 3.63) is 60.2 Å². The molecule has 0 N–H and O–H groups in total. The molecule has 1 aromatic rings. The van der Waals surface area contributed by atoms with Gasteiger partial charge in [-0.25, -0.2) is 8.78 Å². The summed E-state index contributed by atoms with van der Waals surface area (Å²) in [5, 5.41) is 0. The van der Waals surface area contributed by atoms with E-state index in [0.29, 0.717) is 11.5 Å². The quantitative estimate of drug-likeness (QED) is 0.599. The van der Waals surface area contributed by atoms with Gasteiger partial charge in [-0.3, -0.25) is 0 Å². The van der Waals surface area contributed by atoms with Gasteiger partial charge in [-0.2, -0.15) is 0 Å². The summed E-state index contributed by atoms with van der Waals surface area (Å²) in [5.41, 5.74) is 1.54. The molecular weight excluding hydrogens is 254 g/mol. The predicted molar refractivity (Wildman–Crippen MR) is 81.2 cm³/mol. The van der Waals surface area contributed by atoms with Gasteiger partial charge in [0.25, 0.3) is 0 Å². The molecule has 0 aromatic heterocycles. The highest BCUT2D eigenvalue weighted by atomic mass is 19.2. The van der Waals surface area contributed by atoms with Crippen LogP contribution in [0.2, 0.25) is 0 Å². The van der Waals surface area contributed by atoms with Crippen molar-refractivity contribution in [3.8, 4) is 0 Å². The SMILES string of the molecule is C=CCCC1CC=C(c2ccc(C=C)c(F)c2F)CC1. The van der Waals surface area contributed by atoms with Crippen molar-refractivity contribution in [1.29, 1.82) is 0 Å². The van der Waals surface area contributed by atoms with Crippen LogP contribution in [0.5, 0.6) is 0 Å². The van der Waals surface area contributed by atoms with Crippen molar-refractivity contribution in [2.75, 3.05) is 0 Å². The van der Waals surface area contributed by atoms with Gasteiger partial charge in [0, 0.05) is 11.1 Å². The van der Waals surface area contributed by atoms with Crippen LogP contribution in [-0.4, -0.2) is 0 Å². The third kappa shape index (κ3) is 3.06. The third-order valence-electron chi connectivity index (χ3n) is 3.98. The second kappa shape index (κ2) is 6.65. The number of rotatable bonds is 5.